The van der Waals surface area contributed by atoms with E-state index >= 15 is 0 Å². The van der Waals surface area contributed by atoms with Crippen LogP contribution in [0, 0.1) is 5.41 Å². The van der Waals surface area contributed by atoms with Crippen LogP contribution in [0.1, 0.15) is 123 Å². The van der Waals surface area contributed by atoms with E-state index in [-0.39, 0.29) is 11.5 Å². The van der Waals surface area contributed by atoms with Gasteiger partial charge in [-0.3, -0.25) is 0 Å². The Morgan fingerprint density at radius 3 is 1.90 bits per heavy atom. The summed E-state index contributed by atoms with van der Waals surface area (Å²) in [5, 5.41) is 10.8. The maximum atomic E-state index is 10.8. The fourth-order valence-corrected chi connectivity index (χ4v) is 5.19. The monoisotopic (exact) mass is 418 g/mol. The topological polar surface area (TPSA) is 20.2 Å². The summed E-state index contributed by atoms with van der Waals surface area (Å²) >= 11 is 1.87. The molecular formula is C27H46OS. The zero-order valence-corrected chi connectivity index (χ0v) is 21.5. The molecule has 1 aromatic carbocycles. The predicted molar refractivity (Wildman–Crippen MR) is 133 cm³/mol. The molecule has 0 saturated carbocycles. The molecule has 0 fully saturated rings. The molecule has 0 bridgehead atoms. The van der Waals surface area contributed by atoms with E-state index in [2.05, 4.69) is 87.4 Å². The number of aliphatic hydroxyl groups is 1. The van der Waals surface area contributed by atoms with Gasteiger partial charge in [-0.2, -0.15) is 0 Å². The molecule has 0 spiro atoms. The average molecular weight is 419 g/mol. The quantitative estimate of drug-likeness (QED) is 0.286. The van der Waals surface area contributed by atoms with Gasteiger partial charge in [-0.1, -0.05) is 79.2 Å². The minimum Gasteiger partial charge on any atom is -0.392 e. The van der Waals surface area contributed by atoms with Crippen LogP contribution in [0.4, 0.5) is 0 Å². The van der Waals surface area contributed by atoms with Gasteiger partial charge in [-0.15, -0.1) is 11.8 Å². The van der Waals surface area contributed by atoms with Crippen molar-refractivity contribution in [1.29, 1.82) is 0 Å². The van der Waals surface area contributed by atoms with Gasteiger partial charge in [-0.05, 0) is 73.0 Å². The number of rotatable bonds is 11. The van der Waals surface area contributed by atoms with Crippen molar-refractivity contribution in [2.75, 3.05) is 5.75 Å². The Kier molecular flexibility index (Phi) is 10.5. The summed E-state index contributed by atoms with van der Waals surface area (Å²) in [4.78, 5) is 1.40. The lowest BCUT2D eigenvalue weighted by molar-refractivity contribution is 0.129. The van der Waals surface area contributed by atoms with Gasteiger partial charge in [0.05, 0.1) is 6.10 Å². The average Bonchev–Trinajstić information content (AvgIpc) is 2.57. The number of hydrogen-bond donors (Lipinski definition) is 1. The number of benzene rings is 1. The molecule has 0 aliphatic heterocycles. The molecule has 166 valence electrons. The lowest BCUT2D eigenvalue weighted by Crippen LogP contribution is -2.22. The van der Waals surface area contributed by atoms with Crippen molar-refractivity contribution in [3.8, 4) is 0 Å². The van der Waals surface area contributed by atoms with Crippen LogP contribution in [-0.4, -0.2) is 17.0 Å². The molecule has 0 radical (unpaired) electrons. The van der Waals surface area contributed by atoms with Crippen LogP contribution < -0.4 is 0 Å². The van der Waals surface area contributed by atoms with E-state index in [1.165, 1.54) is 27.2 Å². The highest BCUT2D eigenvalue weighted by atomic mass is 32.2. The van der Waals surface area contributed by atoms with E-state index in [1.54, 1.807) is 0 Å². The Bertz CT molecular complexity index is 634. The number of allylic oxidation sites excluding steroid dienone is 2. The second-order valence-electron chi connectivity index (χ2n) is 10.6. The zero-order valence-electron chi connectivity index (χ0n) is 20.7. The van der Waals surface area contributed by atoms with Crippen LogP contribution in [0.2, 0.25) is 0 Å². The van der Waals surface area contributed by atoms with Crippen LogP contribution in [0.15, 0.2) is 28.7 Å². The molecule has 1 nitrogen and oxygen atoms in total. The van der Waals surface area contributed by atoms with Gasteiger partial charge in [-0.25, -0.2) is 0 Å². The first-order valence-electron chi connectivity index (χ1n) is 11.5. The first-order chi connectivity index (χ1) is 13.3. The van der Waals surface area contributed by atoms with E-state index < -0.39 is 0 Å². The fourth-order valence-electron chi connectivity index (χ4n) is 3.79. The van der Waals surface area contributed by atoms with Gasteiger partial charge in [0, 0.05) is 10.6 Å². The van der Waals surface area contributed by atoms with Crippen molar-refractivity contribution in [3.05, 3.63) is 40.5 Å². The Hall–Kier alpha value is -0.730. The highest BCUT2D eigenvalue weighted by molar-refractivity contribution is 7.99. The standard InChI is InChI=1S/C27H46OS/c1-18(2)12-11-13-27(9,10)16-23(28)17-29-26-24(20(5)6)14-22(19(3)4)15-25(26)21(7)8/h12,14-15,19-21,23,28H,11,13,16-17H2,1-10H3. The van der Waals surface area contributed by atoms with Gasteiger partial charge in [0.2, 0.25) is 0 Å². The highest BCUT2D eigenvalue weighted by Gasteiger charge is 2.23. The number of aliphatic hydroxyl groups excluding tert-OH is 1. The molecule has 1 aromatic rings. The molecule has 2 heteroatoms. The Morgan fingerprint density at radius 2 is 1.48 bits per heavy atom. The van der Waals surface area contributed by atoms with Crippen molar-refractivity contribution in [1.82, 2.24) is 0 Å². The van der Waals surface area contributed by atoms with E-state index in [0.29, 0.717) is 17.8 Å². The van der Waals surface area contributed by atoms with Crippen molar-refractivity contribution in [2.45, 2.75) is 117 Å². The molecule has 1 unspecified atom stereocenters. The summed E-state index contributed by atoms with van der Waals surface area (Å²) < 4.78 is 0. The molecule has 0 aliphatic rings. The second-order valence-corrected chi connectivity index (χ2v) is 11.7. The van der Waals surface area contributed by atoms with Crippen LogP contribution in [0.3, 0.4) is 0 Å². The van der Waals surface area contributed by atoms with Gasteiger partial charge in [0.25, 0.3) is 0 Å². The highest BCUT2D eigenvalue weighted by Crippen LogP contribution is 2.39. The van der Waals surface area contributed by atoms with Crippen LogP contribution >= 0.6 is 11.8 Å². The van der Waals surface area contributed by atoms with E-state index in [4.69, 9.17) is 0 Å². The van der Waals surface area contributed by atoms with Crippen molar-refractivity contribution in [2.24, 2.45) is 5.41 Å². The third kappa shape index (κ3) is 8.89. The minimum atomic E-state index is -0.272. The molecule has 0 aliphatic carbocycles. The first kappa shape index (κ1) is 26.3. The molecule has 29 heavy (non-hydrogen) atoms. The van der Waals surface area contributed by atoms with Gasteiger partial charge >= 0.3 is 0 Å². The molecule has 1 rings (SSSR count). The van der Waals surface area contributed by atoms with Gasteiger partial charge < -0.3 is 5.11 Å². The Morgan fingerprint density at radius 1 is 0.966 bits per heavy atom. The fraction of sp³-hybridized carbons (Fsp3) is 0.704. The molecule has 0 heterocycles. The van der Waals surface area contributed by atoms with Crippen LogP contribution in [0.25, 0.3) is 0 Å². The summed E-state index contributed by atoms with van der Waals surface area (Å²) in [6.45, 7) is 22.6. The summed E-state index contributed by atoms with van der Waals surface area (Å²) in [5.74, 6) is 2.29. The third-order valence-corrected chi connectivity index (χ3v) is 6.97. The second kappa shape index (κ2) is 11.6. The summed E-state index contributed by atoms with van der Waals surface area (Å²) in [6, 6.07) is 4.80. The molecule has 0 saturated heterocycles. The van der Waals surface area contributed by atoms with Gasteiger partial charge in [0.1, 0.15) is 0 Å². The maximum absolute atomic E-state index is 10.8. The van der Waals surface area contributed by atoms with Crippen LogP contribution in [-0.2, 0) is 0 Å². The Balaban J connectivity index is 2.95. The Labute approximate surface area is 185 Å². The SMILES string of the molecule is CC(C)=CCCC(C)(C)CC(O)CSc1c(C(C)C)cc(C(C)C)cc1C(C)C. The van der Waals surface area contributed by atoms with Crippen molar-refractivity contribution in [3.63, 3.8) is 0 Å². The maximum Gasteiger partial charge on any atom is 0.0639 e. The van der Waals surface area contributed by atoms with Crippen molar-refractivity contribution < 1.29 is 5.11 Å². The summed E-state index contributed by atoms with van der Waals surface area (Å²) in [5.41, 5.74) is 5.86. The molecule has 0 amide bonds. The minimum absolute atomic E-state index is 0.162. The molecular weight excluding hydrogens is 372 g/mol. The largest absolute Gasteiger partial charge is 0.392 e. The van der Waals surface area contributed by atoms with Crippen LogP contribution in [0.5, 0.6) is 0 Å². The lowest BCUT2D eigenvalue weighted by Gasteiger charge is -2.28. The molecule has 1 N–H and O–H groups in total. The lowest BCUT2D eigenvalue weighted by atomic mass is 9.82. The zero-order chi connectivity index (χ0) is 22.4. The van der Waals surface area contributed by atoms with Crippen molar-refractivity contribution >= 4 is 11.8 Å². The molecule has 1 atom stereocenters. The van der Waals surface area contributed by atoms with E-state index in [1.807, 2.05) is 11.8 Å². The first-order valence-corrected chi connectivity index (χ1v) is 12.4. The predicted octanol–water partition coefficient (Wildman–Crippen LogP) is 8.67. The summed E-state index contributed by atoms with van der Waals surface area (Å²) in [6.07, 6.45) is 5.11. The smallest absolute Gasteiger partial charge is 0.0639 e. The summed E-state index contributed by atoms with van der Waals surface area (Å²) in [7, 11) is 0. The van der Waals surface area contributed by atoms with E-state index in [9.17, 15) is 5.11 Å². The molecule has 0 aromatic heterocycles. The van der Waals surface area contributed by atoms with Gasteiger partial charge in [0.15, 0.2) is 0 Å². The third-order valence-electron chi connectivity index (χ3n) is 5.66. The number of thioether (sulfide) groups is 1. The normalized spacial score (nSPS) is 13.4. The number of hydrogen-bond acceptors (Lipinski definition) is 2. The van der Waals surface area contributed by atoms with E-state index in [0.717, 1.165) is 25.0 Å².